The molecule has 1 saturated carbocycles. The van der Waals surface area contributed by atoms with Gasteiger partial charge in [-0.15, -0.1) is 0 Å². The summed E-state index contributed by atoms with van der Waals surface area (Å²) in [6.45, 7) is 2.04. The number of carbonyl (C=O) groups excluding carboxylic acids is 1. The minimum absolute atomic E-state index is 0.0601. The van der Waals surface area contributed by atoms with E-state index in [0.717, 1.165) is 24.6 Å². The van der Waals surface area contributed by atoms with Crippen molar-refractivity contribution in [2.45, 2.75) is 32.6 Å². The number of nitrogens with zero attached hydrogens (tertiary/aromatic N) is 3. The molecule has 10 heteroatoms. The van der Waals surface area contributed by atoms with Gasteiger partial charge in [-0.05, 0) is 32.3 Å². The Hall–Kier alpha value is -3.04. The van der Waals surface area contributed by atoms with Gasteiger partial charge in [-0.25, -0.2) is 0 Å². The molecule has 0 amide bonds. The number of rotatable bonds is 7. The van der Waals surface area contributed by atoms with Gasteiger partial charge in [0, 0.05) is 17.7 Å². The van der Waals surface area contributed by atoms with Crippen LogP contribution in [0.4, 0.5) is 17.1 Å². The highest BCUT2D eigenvalue weighted by Gasteiger charge is 2.26. The maximum absolute atomic E-state index is 11.6. The Labute approximate surface area is 143 Å². The average molecular weight is 350 g/mol. The number of nitrogens with one attached hydrogen (secondary N) is 1. The summed E-state index contributed by atoms with van der Waals surface area (Å²) in [5.74, 6) is -0.368. The molecule has 0 heterocycles. The first-order chi connectivity index (χ1) is 11.9. The number of non-ortho nitro benzene ring substituents is 1. The van der Waals surface area contributed by atoms with Crippen LogP contribution in [-0.2, 0) is 9.53 Å². The van der Waals surface area contributed by atoms with Gasteiger partial charge >= 0.3 is 11.7 Å². The van der Waals surface area contributed by atoms with Crippen LogP contribution < -0.4 is 5.43 Å². The lowest BCUT2D eigenvalue weighted by atomic mass is 10.0. The Morgan fingerprint density at radius 1 is 1.36 bits per heavy atom. The van der Waals surface area contributed by atoms with Gasteiger partial charge in [0.15, 0.2) is 0 Å². The number of hydrogen-bond acceptors (Lipinski definition) is 8. The Morgan fingerprint density at radius 2 is 2.12 bits per heavy atom. The Kier molecular flexibility index (Phi) is 5.98. The van der Waals surface area contributed by atoms with Crippen molar-refractivity contribution in [3.8, 4) is 0 Å². The monoisotopic (exact) mass is 350 g/mol. The highest BCUT2D eigenvalue weighted by Crippen LogP contribution is 2.30. The van der Waals surface area contributed by atoms with Crippen molar-refractivity contribution in [3.05, 3.63) is 38.4 Å². The number of nitro groups is 2. The van der Waals surface area contributed by atoms with Crippen molar-refractivity contribution in [2.24, 2.45) is 11.0 Å². The van der Waals surface area contributed by atoms with Gasteiger partial charge in [-0.1, -0.05) is 0 Å². The molecule has 0 spiro atoms. The molecule has 0 saturated heterocycles. The topological polar surface area (TPSA) is 137 Å². The van der Waals surface area contributed by atoms with Crippen molar-refractivity contribution in [1.82, 2.24) is 0 Å². The van der Waals surface area contributed by atoms with Crippen molar-refractivity contribution in [3.63, 3.8) is 0 Å². The minimum atomic E-state index is -0.708. The van der Waals surface area contributed by atoms with Gasteiger partial charge in [-0.2, -0.15) is 5.10 Å². The maximum atomic E-state index is 11.6. The summed E-state index contributed by atoms with van der Waals surface area (Å²) < 4.78 is 4.93. The Morgan fingerprint density at radius 3 is 2.76 bits per heavy atom. The summed E-state index contributed by atoms with van der Waals surface area (Å²) in [6.07, 6.45) is 2.56. The van der Waals surface area contributed by atoms with Gasteiger partial charge in [0.05, 0.1) is 28.9 Å². The van der Waals surface area contributed by atoms with E-state index in [4.69, 9.17) is 4.74 Å². The third-order valence-electron chi connectivity index (χ3n) is 3.88. The first kappa shape index (κ1) is 18.3. The van der Waals surface area contributed by atoms with Crippen molar-refractivity contribution < 1.29 is 19.4 Å². The van der Waals surface area contributed by atoms with Crippen molar-refractivity contribution >= 4 is 28.7 Å². The molecule has 0 aromatic heterocycles. The third-order valence-corrected chi connectivity index (χ3v) is 3.88. The fourth-order valence-corrected chi connectivity index (χ4v) is 2.70. The molecule has 1 aromatic carbocycles. The van der Waals surface area contributed by atoms with Crippen LogP contribution in [0.15, 0.2) is 23.3 Å². The second kappa shape index (κ2) is 8.18. The summed E-state index contributed by atoms with van der Waals surface area (Å²) in [6, 6.07) is 3.29. The second-order valence-electron chi connectivity index (χ2n) is 5.53. The lowest BCUT2D eigenvalue weighted by Crippen LogP contribution is -2.16. The van der Waals surface area contributed by atoms with Gasteiger partial charge in [-0.3, -0.25) is 30.4 Å². The summed E-state index contributed by atoms with van der Waals surface area (Å²) in [5, 5.41) is 26.0. The highest BCUT2D eigenvalue weighted by molar-refractivity contribution is 5.92. The Bertz CT molecular complexity index is 718. The molecule has 1 fully saturated rings. The zero-order chi connectivity index (χ0) is 18.4. The molecule has 0 aliphatic heterocycles. The number of esters is 1. The lowest BCUT2D eigenvalue weighted by Gasteiger charge is -2.10. The molecular formula is C15H18N4O6. The fourth-order valence-electron chi connectivity index (χ4n) is 2.70. The van der Waals surface area contributed by atoms with E-state index in [2.05, 4.69) is 10.5 Å². The fraction of sp³-hybridized carbons (Fsp3) is 0.467. The van der Waals surface area contributed by atoms with Crippen molar-refractivity contribution in [1.29, 1.82) is 0 Å². The summed E-state index contributed by atoms with van der Waals surface area (Å²) in [7, 11) is 0. The Balaban J connectivity index is 2.15. The quantitative estimate of drug-likeness (QED) is 0.453. The lowest BCUT2D eigenvalue weighted by molar-refractivity contribution is -0.393. The number of hydrogen-bond donors (Lipinski definition) is 1. The molecule has 1 aliphatic rings. The largest absolute Gasteiger partial charge is 0.466 e. The number of nitro benzene ring substituents is 2. The molecule has 0 unspecified atom stereocenters. The van der Waals surface area contributed by atoms with Gasteiger partial charge in [0.1, 0.15) is 5.69 Å². The van der Waals surface area contributed by atoms with Gasteiger partial charge < -0.3 is 4.74 Å². The molecule has 1 atom stereocenters. The second-order valence-corrected chi connectivity index (χ2v) is 5.53. The standard InChI is InChI=1S/C15H18N4O6/c1-2-25-15(20)8-10-4-3-5-12(10)16-17-13-7-6-11(18(21)22)9-14(13)19(23)24/h6-7,9-10,17H,2-5,8H2,1H3/b16-12+/t10-/m0/s1. The van der Waals surface area contributed by atoms with E-state index in [1.807, 2.05) is 0 Å². The van der Waals surface area contributed by atoms with Crippen LogP contribution in [0.2, 0.25) is 0 Å². The van der Waals surface area contributed by atoms with Crippen LogP contribution in [0.5, 0.6) is 0 Å². The van der Waals surface area contributed by atoms with Crippen LogP contribution in [0.1, 0.15) is 32.6 Å². The first-order valence-corrected chi connectivity index (χ1v) is 7.83. The van der Waals surface area contributed by atoms with E-state index in [1.165, 1.54) is 12.1 Å². The molecule has 1 aromatic rings. The van der Waals surface area contributed by atoms with E-state index in [-0.39, 0.29) is 29.7 Å². The predicted molar refractivity (Wildman–Crippen MR) is 89.4 cm³/mol. The molecule has 1 N–H and O–H groups in total. The van der Waals surface area contributed by atoms with E-state index in [9.17, 15) is 25.0 Å². The SMILES string of the molecule is CCOC(=O)C[C@@H]1CCC/C1=N\Nc1ccc([N+](=O)[O-])cc1[N+](=O)[O-]. The van der Waals surface area contributed by atoms with E-state index in [1.54, 1.807) is 6.92 Å². The molecule has 134 valence electrons. The zero-order valence-electron chi connectivity index (χ0n) is 13.6. The zero-order valence-corrected chi connectivity index (χ0v) is 13.6. The number of ether oxygens (including phenoxy) is 1. The predicted octanol–water partition coefficient (Wildman–Crippen LogP) is 3.02. The molecule has 2 rings (SSSR count). The maximum Gasteiger partial charge on any atom is 0.306 e. The van der Waals surface area contributed by atoms with Gasteiger partial charge in [0.2, 0.25) is 0 Å². The third kappa shape index (κ3) is 4.72. The van der Waals surface area contributed by atoms with E-state index in [0.29, 0.717) is 13.0 Å². The van der Waals surface area contributed by atoms with E-state index >= 15 is 0 Å². The number of carbonyl (C=O) groups is 1. The van der Waals surface area contributed by atoms with Crippen LogP contribution in [-0.4, -0.2) is 28.1 Å². The molecule has 1 aliphatic carbocycles. The van der Waals surface area contributed by atoms with Crippen molar-refractivity contribution in [2.75, 3.05) is 12.0 Å². The van der Waals surface area contributed by atoms with Crippen LogP contribution in [0.3, 0.4) is 0 Å². The smallest absolute Gasteiger partial charge is 0.306 e. The molecular weight excluding hydrogens is 332 g/mol. The highest BCUT2D eigenvalue weighted by atomic mass is 16.6. The summed E-state index contributed by atoms with van der Waals surface area (Å²) >= 11 is 0. The minimum Gasteiger partial charge on any atom is -0.466 e. The number of benzene rings is 1. The molecule has 10 nitrogen and oxygen atoms in total. The summed E-state index contributed by atoms with van der Waals surface area (Å²) in [5.41, 5.74) is 2.60. The average Bonchev–Trinajstić information content (AvgIpc) is 2.99. The first-order valence-electron chi connectivity index (χ1n) is 7.83. The van der Waals surface area contributed by atoms with E-state index < -0.39 is 15.5 Å². The normalized spacial score (nSPS) is 18.1. The summed E-state index contributed by atoms with van der Waals surface area (Å²) in [4.78, 5) is 32.1. The molecule has 0 radical (unpaired) electrons. The molecule has 0 bridgehead atoms. The van der Waals surface area contributed by atoms with Crippen LogP contribution in [0, 0.1) is 26.1 Å². The van der Waals surface area contributed by atoms with Gasteiger partial charge in [0.25, 0.3) is 5.69 Å². The number of anilines is 1. The number of hydrazone groups is 1. The molecule has 25 heavy (non-hydrogen) atoms. The van der Waals surface area contributed by atoms with Crippen LogP contribution >= 0.6 is 0 Å². The van der Waals surface area contributed by atoms with Crippen LogP contribution in [0.25, 0.3) is 0 Å².